The van der Waals surface area contributed by atoms with Crippen molar-refractivity contribution in [3.63, 3.8) is 0 Å². The third-order valence-corrected chi connectivity index (χ3v) is 10.9. The summed E-state index contributed by atoms with van der Waals surface area (Å²) in [6, 6.07) is 64.5. The van der Waals surface area contributed by atoms with Crippen molar-refractivity contribution in [2.75, 3.05) is 4.90 Å². The molecule has 2 heterocycles. The lowest BCUT2D eigenvalue weighted by Gasteiger charge is -2.26. The molecule has 0 N–H and O–H groups in total. The topological polar surface area (TPSA) is 29.3 Å². The lowest BCUT2D eigenvalue weighted by Crippen LogP contribution is -2.09. The van der Waals surface area contributed by atoms with E-state index in [0.29, 0.717) is 5.89 Å². The zero-order valence-electron chi connectivity index (χ0n) is 27.5. The molecule has 0 saturated heterocycles. The van der Waals surface area contributed by atoms with Crippen molar-refractivity contribution >= 4 is 70.4 Å². The molecule has 0 aliphatic carbocycles. The molecule has 0 bridgehead atoms. The van der Waals surface area contributed by atoms with Crippen molar-refractivity contribution in [3.8, 4) is 33.7 Å². The van der Waals surface area contributed by atoms with E-state index in [0.717, 1.165) is 50.2 Å². The highest BCUT2D eigenvalue weighted by Gasteiger charge is 2.20. The smallest absolute Gasteiger partial charge is 0.227 e. The van der Waals surface area contributed by atoms with E-state index in [4.69, 9.17) is 9.40 Å². The molecule has 0 radical (unpaired) electrons. The number of aromatic nitrogens is 1. The Morgan fingerprint density at radius 1 is 0.471 bits per heavy atom. The SMILES string of the molecule is c1ccc(-c2ccc(N(c3ccc(-c4cc5nc(-c6ccccc6)oc5c5c4sc4ccccc45)cc3)c3ccc4ccccc4c3)cc2)cc1. The fraction of sp³-hybridized carbons (Fsp3) is 0. The van der Waals surface area contributed by atoms with Crippen LogP contribution in [0.25, 0.3) is 75.8 Å². The number of benzene rings is 8. The second-order valence-electron chi connectivity index (χ2n) is 12.8. The molecule has 10 aromatic rings. The highest BCUT2D eigenvalue weighted by Crippen LogP contribution is 2.46. The van der Waals surface area contributed by atoms with Crippen molar-refractivity contribution < 1.29 is 4.42 Å². The van der Waals surface area contributed by atoms with E-state index in [1.165, 1.54) is 36.7 Å². The van der Waals surface area contributed by atoms with Gasteiger partial charge in [0.2, 0.25) is 5.89 Å². The van der Waals surface area contributed by atoms with E-state index in [1.54, 1.807) is 0 Å². The summed E-state index contributed by atoms with van der Waals surface area (Å²) in [5.74, 6) is 0.638. The molecule has 4 heteroatoms. The van der Waals surface area contributed by atoms with E-state index < -0.39 is 0 Å². The summed E-state index contributed by atoms with van der Waals surface area (Å²) in [5, 5.41) is 4.75. The third kappa shape index (κ3) is 5.16. The number of hydrogen-bond donors (Lipinski definition) is 0. The van der Waals surface area contributed by atoms with Gasteiger partial charge in [0.25, 0.3) is 0 Å². The van der Waals surface area contributed by atoms with Gasteiger partial charge in [-0.2, -0.15) is 0 Å². The Balaban J connectivity index is 1.11. The van der Waals surface area contributed by atoms with E-state index in [1.807, 2.05) is 41.7 Å². The second kappa shape index (κ2) is 12.1. The fourth-order valence-electron chi connectivity index (χ4n) is 7.18. The van der Waals surface area contributed by atoms with Gasteiger partial charge in [-0.05, 0) is 88.1 Å². The van der Waals surface area contributed by atoms with Gasteiger partial charge < -0.3 is 9.32 Å². The van der Waals surface area contributed by atoms with Gasteiger partial charge in [-0.3, -0.25) is 0 Å². The first-order valence-corrected chi connectivity index (χ1v) is 17.9. The molecular formula is C47H30N2OS. The summed E-state index contributed by atoms with van der Waals surface area (Å²) >= 11 is 1.81. The molecule has 0 fully saturated rings. The quantitative estimate of drug-likeness (QED) is 0.176. The van der Waals surface area contributed by atoms with E-state index in [9.17, 15) is 0 Å². The van der Waals surface area contributed by atoms with Crippen LogP contribution < -0.4 is 4.90 Å². The summed E-state index contributed by atoms with van der Waals surface area (Å²) in [5.41, 5.74) is 10.7. The fourth-order valence-corrected chi connectivity index (χ4v) is 8.41. The van der Waals surface area contributed by atoms with Crippen molar-refractivity contribution in [1.82, 2.24) is 4.98 Å². The van der Waals surface area contributed by atoms with Crippen LogP contribution in [0, 0.1) is 0 Å². The van der Waals surface area contributed by atoms with Crippen LogP contribution in [0.15, 0.2) is 186 Å². The highest BCUT2D eigenvalue weighted by molar-refractivity contribution is 7.26. The highest BCUT2D eigenvalue weighted by atomic mass is 32.1. The summed E-state index contributed by atoms with van der Waals surface area (Å²) < 4.78 is 8.97. The zero-order chi connectivity index (χ0) is 33.7. The van der Waals surface area contributed by atoms with Crippen LogP contribution in [-0.2, 0) is 0 Å². The van der Waals surface area contributed by atoms with Gasteiger partial charge in [-0.25, -0.2) is 4.98 Å². The number of fused-ring (bicyclic) bond motifs is 6. The van der Waals surface area contributed by atoms with Crippen LogP contribution in [0.3, 0.4) is 0 Å². The molecule has 0 saturated carbocycles. The Morgan fingerprint density at radius 3 is 1.80 bits per heavy atom. The predicted molar refractivity (Wildman–Crippen MR) is 215 cm³/mol. The van der Waals surface area contributed by atoms with E-state index in [-0.39, 0.29) is 0 Å². The van der Waals surface area contributed by atoms with Crippen molar-refractivity contribution in [3.05, 3.63) is 182 Å². The Labute approximate surface area is 299 Å². The first-order valence-electron chi connectivity index (χ1n) is 17.1. The molecular weight excluding hydrogens is 641 g/mol. The van der Waals surface area contributed by atoms with Crippen molar-refractivity contribution in [1.29, 1.82) is 0 Å². The van der Waals surface area contributed by atoms with Gasteiger partial charge in [0.05, 0.1) is 0 Å². The minimum Gasteiger partial charge on any atom is -0.435 e. The number of nitrogens with zero attached hydrogens (tertiary/aromatic N) is 2. The first kappa shape index (κ1) is 29.4. The molecule has 10 rings (SSSR count). The second-order valence-corrected chi connectivity index (χ2v) is 13.8. The van der Waals surface area contributed by atoms with Crippen LogP contribution in [0.1, 0.15) is 0 Å². The Morgan fingerprint density at radius 2 is 1.06 bits per heavy atom. The number of oxazole rings is 1. The molecule has 0 aliphatic rings. The molecule has 3 nitrogen and oxygen atoms in total. The lowest BCUT2D eigenvalue weighted by atomic mass is 10.0. The first-order chi connectivity index (χ1) is 25.3. The summed E-state index contributed by atoms with van der Waals surface area (Å²) in [4.78, 5) is 7.35. The Hall–Kier alpha value is -6.49. The van der Waals surface area contributed by atoms with Gasteiger partial charge in [0.15, 0.2) is 5.58 Å². The maximum Gasteiger partial charge on any atom is 0.227 e. The van der Waals surface area contributed by atoms with Crippen molar-refractivity contribution in [2.24, 2.45) is 0 Å². The number of rotatable bonds is 6. The summed E-state index contributed by atoms with van der Waals surface area (Å²) in [6.07, 6.45) is 0. The van der Waals surface area contributed by atoms with Crippen LogP contribution in [0.2, 0.25) is 0 Å². The molecule has 8 aromatic carbocycles. The van der Waals surface area contributed by atoms with Gasteiger partial charge in [-0.1, -0.05) is 121 Å². The largest absolute Gasteiger partial charge is 0.435 e. The molecule has 0 aliphatic heterocycles. The monoisotopic (exact) mass is 670 g/mol. The Kier molecular flexibility index (Phi) is 7.00. The van der Waals surface area contributed by atoms with E-state index >= 15 is 0 Å². The molecule has 0 unspecified atom stereocenters. The Bertz CT molecular complexity index is 2840. The molecule has 0 spiro atoms. The average Bonchev–Trinajstić information content (AvgIpc) is 3.81. The van der Waals surface area contributed by atoms with Crippen LogP contribution in [0.5, 0.6) is 0 Å². The standard InChI is InChI=1S/C47H30N2OS/c1-3-11-31(12-4-1)33-19-24-37(25-20-33)49(39-28-21-32-13-7-8-16-36(32)29-39)38-26-22-34(23-27-38)41-30-42-45(50-47(48-42)35-14-5-2-6-15-35)44-40-17-9-10-18-43(40)51-46(41)44/h1-30H. The summed E-state index contributed by atoms with van der Waals surface area (Å²) in [6.45, 7) is 0. The summed E-state index contributed by atoms with van der Waals surface area (Å²) in [7, 11) is 0. The number of hydrogen-bond acceptors (Lipinski definition) is 4. The van der Waals surface area contributed by atoms with Gasteiger partial charge in [0.1, 0.15) is 5.52 Å². The minimum atomic E-state index is 0.638. The molecule has 51 heavy (non-hydrogen) atoms. The molecule has 0 atom stereocenters. The maximum atomic E-state index is 6.53. The van der Waals surface area contributed by atoms with Crippen LogP contribution in [0.4, 0.5) is 17.1 Å². The molecule has 2 aromatic heterocycles. The van der Waals surface area contributed by atoms with Gasteiger partial charge in [0, 0.05) is 48.4 Å². The van der Waals surface area contributed by atoms with Crippen LogP contribution in [-0.4, -0.2) is 4.98 Å². The molecule has 0 amide bonds. The number of thiophene rings is 1. The zero-order valence-corrected chi connectivity index (χ0v) is 28.3. The maximum absolute atomic E-state index is 6.53. The lowest BCUT2D eigenvalue weighted by molar-refractivity contribution is 0.623. The third-order valence-electron chi connectivity index (χ3n) is 9.68. The van der Waals surface area contributed by atoms with Crippen molar-refractivity contribution in [2.45, 2.75) is 0 Å². The molecule has 240 valence electrons. The van der Waals surface area contributed by atoms with Gasteiger partial charge >= 0.3 is 0 Å². The minimum absolute atomic E-state index is 0.638. The number of anilines is 3. The van der Waals surface area contributed by atoms with Crippen LogP contribution >= 0.6 is 11.3 Å². The average molecular weight is 671 g/mol. The van der Waals surface area contributed by atoms with E-state index in [2.05, 4.69) is 157 Å². The normalized spacial score (nSPS) is 11.5. The predicted octanol–water partition coefficient (Wildman–Crippen LogP) is 13.8. The van der Waals surface area contributed by atoms with Gasteiger partial charge in [-0.15, -0.1) is 11.3 Å².